The summed E-state index contributed by atoms with van der Waals surface area (Å²) in [5, 5.41) is 9.91. The highest BCUT2D eigenvalue weighted by Crippen LogP contribution is 2.25. The normalized spacial score (nSPS) is 11.1. The fraction of sp³-hybridized carbons (Fsp3) is 0.0370. The Morgan fingerprint density at radius 1 is 0.941 bits per heavy atom. The maximum atomic E-state index is 12.6. The molecular formula is C27H21N5O2. The highest BCUT2D eigenvalue weighted by molar-refractivity contribution is 5.96. The third-order valence-corrected chi connectivity index (χ3v) is 5.33. The quantitative estimate of drug-likeness (QED) is 0.298. The predicted molar refractivity (Wildman–Crippen MR) is 132 cm³/mol. The first-order chi connectivity index (χ1) is 16.7. The van der Waals surface area contributed by atoms with Crippen LogP contribution in [0.15, 0.2) is 102 Å². The second-order valence-electron chi connectivity index (χ2n) is 7.53. The van der Waals surface area contributed by atoms with Crippen molar-refractivity contribution < 1.29 is 9.53 Å². The Hall–Kier alpha value is -4.78. The molecule has 0 saturated heterocycles. The number of hydrogen-bond donors (Lipinski definition) is 1. The van der Waals surface area contributed by atoms with Gasteiger partial charge in [0.2, 0.25) is 0 Å². The summed E-state index contributed by atoms with van der Waals surface area (Å²) < 4.78 is 7.05. The molecule has 0 spiro atoms. The van der Waals surface area contributed by atoms with Gasteiger partial charge in [-0.3, -0.25) is 4.79 Å². The van der Waals surface area contributed by atoms with Gasteiger partial charge in [0.25, 0.3) is 5.91 Å². The summed E-state index contributed by atoms with van der Waals surface area (Å²) in [6.45, 7) is 0. The van der Waals surface area contributed by atoms with Crippen LogP contribution in [0.5, 0.6) is 5.75 Å². The molecule has 0 aliphatic heterocycles. The van der Waals surface area contributed by atoms with E-state index in [0.717, 1.165) is 39.2 Å². The molecule has 0 bridgehead atoms. The summed E-state index contributed by atoms with van der Waals surface area (Å²) in [6, 6.07) is 28.6. The first kappa shape index (κ1) is 21.1. The molecule has 0 aliphatic rings. The average Bonchev–Trinajstić information content (AvgIpc) is 3.33. The molecule has 5 rings (SSSR count). The largest absolute Gasteiger partial charge is 0.497 e. The van der Waals surface area contributed by atoms with Crippen molar-refractivity contribution in [1.29, 1.82) is 0 Å². The number of hydrazone groups is 1. The standard InChI is InChI=1S/C27H21N5O2/c1-34-23-14-11-20(12-15-23)26-21(18-32(31-26)22-8-3-2-4-9-22)17-28-30-27(33)25-16-13-19-7-5-6-10-24(19)29-25/h2-18H,1H3,(H,30,33). The minimum absolute atomic E-state index is 0.297. The number of ether oxygens (including phenoxy) is 1. The smallest absolute Gasteiger partial charge is 0.289 e. The van der Waals surface area contributed by atoms with Gasteiger partial charge in [-0.1, -0.05) is 42.5 Å². The molecule has 1 N–H and O–H groups in total. The molecule has 7 heteroatoms. The number of fused-ring (bicyclic) bond motifs is 1. The van der Waals surface area contributed by atoms with Gasteiger partial charge in [0.05, 0.1) is 24.5 Å². The number of methoxy groups -OCH3 is 1. The zero-order valence-electron chi connectivity index (χ0n) is 18.4. The van der Waals surface area contributed by atoms with Gasteiger partial charge in [-0.05, 0) is 48.5 Å². The van der Waals surface area contributed by atoms with Crippen LogP contribution in [-0.4, -0.2) is 34.0 Å². The summed E-state index contributed by atoms with van der Waals surface area (Å²) in [6.07, 6.45) is 3.46. The lowest BCUT2D eigenvalue weighted by Crippen LogP contribution is -2.18. The minimum Gasteiger partial charge on any atom is -0.497 e. The van der Waals surface area contributed by atoms with Crippen LogP contribution in [0.3, 0.4) is 0 Å². The fourth-order valence-electron chi connectivity index (χ4n) is 3.58. The molecular weight excluding hydrogens is 426 g/mol. The molecule has 2 aromatic heterocycles. The Kier molecular flexibility index (Phi) is 5.82. The number of amides is 1. The van der Waals surface area contributed by atoms with E-state index < -0.39 is 0 Å². The predicted octanol–water partition coefficient (Wildman–Crippen LogP) is 4.86. The molecule has 0 atom stereocenters. The number of rotatable bonds is 6. The zero-order valence-corrected chi connectivity index (χ0v) is 18.4. The van der Waals surface area contributed by atoms with Crippen molar-refractivity contribution in [3.63, 3.8) is 0 Å². The van der Waals surface area contributed by atoms with Gasteiger partial charge >= 0.3 is 0 Å². The van der Waals surface area contributed by atoms with Crippen LogP contribution in [0.2, 0.25) is 0 Å². The Morgan fingerprint density at radius 2 is 1.71 bits per heavy atom. The van der Waals surface area contributed by atoms with Gasteiger partial charge in [-0.2, -0.15) is 10.2 Å². The molecule has 5 aromatic rings. The van der Waals surface area contributed by atoms with Gasteiger partial charge in [0.15, 0.2) is 0 Å². The number of nitrogens with one attached hydrogen (secondary N) is 1. The Morgan fingerprint density at radius 3 is 2.50 bits per heavy atom. The van der Waals surface area contributed by atoms with Crippen LogP contribution >= 0.6 is 0 Å². The number of carbonyl (C=O) groups is 1. The van der Waals surface area contributed by atoms with Crippen molar-refractivity contribution in [2.75, 3.05) is 7.11 Å². The molecule has 0 radical (unpaired) electrons. The lowest BCUT2D eigenvalue weighted by atomic mass is 10.1. The van der Waals surface area contributed by atoms with Gasteiger partial charge < -0.3 is 4.74 Å². The van der Waals surface area contributed by atoms with Crippen LogP contribution < -0.4 is 10.2 Å². The third kappa shape index (κ3) is 4.40. The number of benzene rings is 3. The summed E-state index contributed by atoms with van der Waals surface area (Å²) >= 11 is 0. The summed E-state index contributed by atoms with van der Waals surface area (Å²) in [5.41, 5.74) is 6.92. The van der Waals surface area contributed by atoms with E-state index in [1.165, 1.54) is 0 Å². The Labute approximate surface area is 196 Å². The highest BCUT2D eigenvalue weighted by Gasteiger charge is 2.12. The van der Waals surface area contributed by atoms with Gasteiger partial charge in [-0.15, -0.1) is 0 Å². The monoisotopic (exact) mass is 447 g/mol. The lowest BCUT2D eigenvalue weighted by Gasteiger charge is -2.03. The Balaban J connectivity index is 1.42. The van der Waals surface area contributed by atoms with E-state index in [0.29, 0.717) is 5.69 Å². The molecule has 0 unspecified atom stereocenters. The van der Waals surface area contributed by atoms with Crippen molar-refractivity contribution in [1.82, 2.24) is 20.2 Å². The van der Waals surface area contributed by atoms with E-state index in [1.54, 1.807) is 24.1 Å². The fourth-order valence-corrected chi connectivity index (χ4v) is 3.58. The minimum atomic E-state index is -0.386. The Bertz CT molecular complexity index is 1470. The number of nitrogens with zero attached hydrogens (tertiary/aromatic N) is 4. The van der Waals surface area contributed by atoms with Crippen LogP contribution in [0, 0.1) is 0 Å². The summed E-state index contributed by atoms with van der Waals surface area (Å²) in [7, 11) is 1.63. The second-order valence-corrected chi connectivity index (χ2v) is 7.53. The number of carbonyl (C=O) groups excluding carboxylic acids is 1. The van der Waals surface area contributed by atoms with Crippen molar-refractivity contribution in [2.45, 2.75) is 0 Å². The van der Waals surface area contributed by atoms with E-state index in [1.807, 2.05) is 91.1 Å². The van der Waals surface area contributed by atoms with Gasteiger partial charge in [0, 0.05) is 22.7 Å². The lowest BCUT2D eigenvalue weighted by molar-refractivity contribution is 0.0950. The molecule has 0 fully saturated rings. The first-order valence-corrected chi connectivity index (χ1v) is 10.7. The van der Waals surface area contributed by atoms with E-state index in [-0.39, 0.29) is 5.91 Å². The van der Waals surface area contributed by atoms with Crippen molar-refractivity contribution in [3.05, 3.63) is 108 Å². The maximum absolute atomic E-state index is 12.6. The molecule has 0 saturated carbocycles. The SMILES string of the molecule is COc1ccc(-c2nn(-c3ccccc3)cc2C=NNC(=O)c2ccc3ccccc3n2)cc1. The van der Waals surface area contributed by atoms with E-state index >= 15 is 0 Å². The van der Waals surface area contributed by atoms with Crippen LogP contribution in [0.4, 0.5) is 0 Å². The third-order valence-electron chi connectivity index (χ3n) is 5.33. The molecule has 7 nitrogen and oxygen atoms in total. The highest BCUT2D eigenvalue weighted by atomic mass is 16.5. The van der Waals surface area contributed by atoms with Gasteiger partial charge in [0.1, 0.15) is 17.1 Å². The van der Waals surface area contributed by atoms with Crippen LogP contribution in [-0.2, 0) is 0 Å². The summed E-state index contributed by atoms with van der Waals surface area (Å²) in [4.78, 5) is 17.0. The van der Waals surface area contributed by atoms with E-state index in [4.69, 9.17) is 9.84 Å². The number of aromatic nitrogens is 3. The maximum Gasteiger partial charge on any atom is 0.289 e. The number of hydrogen-bond acceptors (Lipinski definition) is 5. The number of pyridine rings is 1. The molecule has 1 amide bonds. The molecule has 166 valence electrons. The van der Waals surface area contributed by atoms with Crippen molar-refractivity contribution >= 4 is 23.0 Å². The molecule has 3 aromatic carbocycles. The first-order valence-electron chi connectivity index (χ1n) is 10.7. The van der Waals surface area contributed by atoms with Gasteiger partial charge in [-0.25, -0.2) is 15.1 Å². The zero-order chi connectivity index (χ0) is 23.3. The van der Waals surface area contributed by atoms with Crippen molar-refractivity contribution in [2.24, 2.45) is 5.10 Å². The second kappa shape index (κ2) is 9.38. The van der Waals surface area contributed by atoms with E-state index in [2.05, 4.69) is 15.5 Å². The van der Waals surface area contributed by atoms with Crippen LogP contribution in [0.25, 0.3) is 27.8 Å². The topological polar surface area (TPSA) is 81.4 Å². The van der Waals surface area contributed by atoms with Crippen molar-refractivity contribution in [3.8, 4) is 22.7 Å². The molecule has 2 heterocycles. The molecule has 0 aliphatic carbocycles. The van der Waals surface area contributed by atoms with Crippen LogP contribution in [0.1, 0.15) is 16.1 Å². The number of para-hydroxylation sites is 2. The molecule has 34 heavy (non-hydrogen) atoms. The summed E-state index contributed by atoms with van der Waals surface area (Å²) in [5.74, 6) is 0.375. The van der Waals surface area contributed by atoms with E-state index in [9.17, 15) is 4.79 Å². The average molecular weight is 447 g/mol.